The molecule has 1 atom stereocenters. The van der Waals surface area contributed by atoms with Crippen molar-refractivity contribution in [3.63, 3.8) is 0 Å². The second-order valence-electron chi connectivity index (χ2n) is 5.66. The van der Waals surface area contributed by atoms with E-state index in [0.717, 1.165) is 19.4 Å². The molecule has 1 saturated heterocycles. The summed E-state index contributed by atoms with van der Waals surface area (Å²) in [5.41, 5.74) is 0.473. The lowest BCUT2D eigenvalue weighted by Crippen LogP contribution is -2.28. The fourth-order valence-corrected chi connectivity index (χ4v) is 2.85. The number of nitrogens with one attached hydrogen (secondary N) is 1. The second kappa shape index (κ2) is 6.87. The molecule has 0 radical (unpaired) electrons. The summed E-state index contributed by atoms with van der Waals surface area (Å²) in [4.78, 5) is 14.2. The number of benzene rings is 1. The largest absolute Gasteiger partial charge is 0.424 e. The molecule has 1 amide bonds. The van der Waals surface area contributed by atoms with E-state index in [2.05, 4.69) is 20.4 Å². The van der Waals surface area contributed by atoms with E-state index in [0.29, 0.717) is 30.4 Å². The number of rotatable bonds is 5. The second-order valence-corrected chi connectivity index (χ2v) is 5.66. The topological polar surface area (TPSA) is 71.3 Å². The maximum absolute atomic E-state index is 13.1. The van der Waals surface area contributed by atoms with Gasteiger partial charge in [-0.3, -0.25) is 9.69 Å². The summed E-state index contributed by atoms with van der Waals surface area (Å²) < 4.78 is 18.6. The minimum absolute atomic E-state index is 0.0816. The Hall–Kier alpha value is -2.28. The van der Waals surface area contributed by atoms with Crippen molar-refractivity contribution in [2.75, 3.05) is 18.4 Å². The molecule has 7 heteroatoms. The number of hydrogen-bond donors (Lipinski definition) is 1. The van der Waals surface area contributed by atoms with Crippen LogP contribution in [0.25, 0.3) is 0 Å². The summed E-state index contributed by atoms with van der Waals surface area (Å²) in [6.07, 6.45) is 2.32. The summed E-state index contributed by atoms with van der Waals surface area (Å²) in [5, 5.41) is 10.7. The SMILES string of the molecule is Cc1nnc(C2CCCN2CCC(=O)Nc2cccc(F)c2)o1. The van der Waals surface area contributed by atoms with Crippen LogP contribution < -0.4 is 5.32 Å². The monoisotopic (exact) mass is 318 g/mol. The van der Waals surface area contributed by atoms with Crippen LogP contribution in [0.2, 0.25) is 0 Å². The molecule has 1 N–H and O–H groups in total. The molecular weight excluding hydrogens is 299 g/mol. The third-order valence-corrected chi connectivity index (χ3v) is 3.92. The molecule has 2 heterocycles. The molecule has 1 aromatic heterocycles. The van der Waals surface area contributed by atoms with Crippen LogP contribution in [0.4, 0.5) is 10.1 Å². The lowest BCUT2D eigenvalue weighted by molar-refractivity contribution is -0.116. The Morgan fingerprint density at radius 3 is 3.09 bits per heavy atom. The third kappa shape index (κ3) is 3.92. The van der Waals surface area contributed by atoms with E-state index < -0.39 is 0 Å². The highest BCUT2D eigenvalue weighted by atomic mass is 19.1. The molecule has 1 aromatic carbocycles. The van der Waals surface area contributed by atoms with Gasteiger partial charge in [-0.25, -0.2) is 4.39 Å². The van der Waals surface area contributed by atoms with Crippen LogP contribution in [0.15, 0.2) is 28.7 Å². The minimum Gasteiger partial charge on any atom is -0.424 e. The highest BCUT2D eigenvalue weighted by Crippen LogP contribution is 2.30. The van der Waals surface area contributed by atoms with Crippen molar-refractivity contribution >= 4 is 11.6 Å². The Bertz CT molecular complexity index is 688. The normalized spacial score (nSPS) is 18.3. The molecule has 1 unspecified atom stereocenters. The van der Waals surface area contributed by atoms with Crippen LogP contribution in [0.1, 0.15) is 37.1 Å². The van der Waals surface area contributed by atoms with Gasteiger partial charge in [0.05, 0.1) is 6.04 Å². The van der Waals surface area contributed by atoms with E-state index in [1.807, 2.05) is 0 Å². The Morgan fingerprint density at radius 1 is 1.48 bits per heavy atom. The molecule has 1 aliphatic rings. The fourth-order valence-electron chi connectivity index (χ4n) is 2.85. The average molecular weight is 318 g/mol. The minimum atomic E-state index is -0.367. The summed E-state index contributed by atoms with van der Waals surface area (Å²) in [7, 11) is 0. The summed E-state index contributed by atoms with van der Waals surface area (Å²) in [6.45, 7) is 3.27. The molecular formula is C16H19FN4O2. The third-order valence-electron chi connectivity index (χ3n) is 3.92. The van der Waals surface area contributed by atoms with Gasteiger partial charge in [-0.2, -0.15) is 0 Å². The van der Waals surface area contributed by atoms with Crippen LogP contribution >= 0.6 is 0 Å². The number of aryl methyl sites for hydroxylation is 1. The number of carbonyl (C=O) groups excluding carboxylic acids is 1. The van der Waals surface area contributed by atoms with E-state index in [9.17, 15) is 9.18 Å². The molecule has 1 fully saturated rings. The Balaban J connectivity index is 1.54. The zero-order valence-corrected chi connectivity index (χ0v) is 13.0. The van der Waals surface area contributed by atoms with Crippen molar-refractivity contribution in [1.82, 2.24) is 15.1 Å². The number of nitrogens with zero attached hydrogens (tertiary/aromatic N) is 3. The molecule has 23 heavy (non-hydrogen) atoms. The van der Waals surface area contributed by atoms with Gasteiger partial charge in [0.2, 0.25) is 17.7 Å². The van der Waals surface area contributed by atoms with E-state index in [1.54, 1.807) is 19.1 Å². The van der Waals surface area contributed by atoms with E-state index in [-0.39, 0.29) is 17.8 Å². The first-order chi connectivity index (χ1) is 11.1. The zero-order valence-electron chi connectivity index (χ0n) is 13.0. The number of amides is 1. The van der Waals surface area contributed by atoms with Crippen LogP contribution in [-0.2, 0) is 4.79 Å². The highest BCUT2D eigenvalue weighted by Gasteiger charge is 2.30. The van der Waals surface area contributed by atoms with Crippen molar-refractivity contribution in [2.45, 2.75) is 32.2 Å². The van der Waals surface area contributed by atoms with Gasteiger partial charge in [0, 0.05) is 25.6 Å². The maximum atomic E-state index is 13.1. The maximum Gasteiger partial charge on any atom is 0.233 e. The van der Waals surface area contributed by atoms with Gasteiger partial charge in [0.15, 0.2) is 0 Å². The van der Waals surface area contributed by atoms with Gasteiger partial charge >= 0.3 is 0 Å². The lowest BCUT2D eigenvalue weighted by atomic mass is 10.2. The van der Waals surface area contributed by atoms with Gasteiger partial charge in [0.1, 0.15) is 5.82 Å². The molecule has 6 nitrogen and oxygen atoms in total. The number of halogens is 1. The number of hydrogen-bond acceptors (Lipinski definition) is 5. The predicted molar refractivity (Wildman–Crippen MR) is 82.2 cm³/mol. The van der Waals surface area contributed by atoms with Gasteiger partial charge < -0.3 is 9.73 Å². The molecule has 122 valence electrons. The van der Waals surface area contributed by atoms with E-state index in [4.69, 9.17) is 4.42 Å². The van der Waals surface area contributed by atoms with Crippen LogP contribution in [0.5, 0.6) is 0 Å². The van der Waals surface area contributed by atoms with Gasteiger partial charge in [-0.05, 0) is 37.6 Å². The quantitative estimate of drug-likeness (QED) is 0.918. The number of aromatic nitrogens is 2. The summed E-state index contributed by atoms with van der Waals surface area (Å²) in [5.74, 6) is 0.665. The first-order valence-electron chi connectivity index (χ1n) is 7.71. The van der Waals surface area contributed by atoms with Crippen molar-refractivity contribution in [2.24, 2.45) is 0 Å². The Labute approximate surface area is 133 Å². The van der Waals surface area contributed by atoms with Crippen molar-refractivity contribution in [1.29, 1.82) is 0 Å². The summed E-state index contributed by atoms with van der Waals surface area (Å²) in [6, 6.07) is 5.97. The molecule has 0 spiro atoms. The molecule has 1 aliphatic heterocycles. The fraction of sp³-hybridized carbons (Fsp3) is 0.438. The predicted octanol–water partition coefficient (Wildman–Crippen LogP) is 2.68. The Morgan fingerprint density at radius 2 is 2.35 bits per heavy atom. The lowest BCUT2D eigenvalue weighted by Gasteiger charge is -2.21. The van der Waals surface area contributed by atoms with E-state index >= 15 is 0 Å². The van der Waals surface area contributed by atoms with Crippen LogP contribution in [0.3, 0.4) is 0 Å². The van der Waals surface area contributed by atoms with Crippen molar-refractivity contribution < 1.29 is 13.6 Å². The number of likely N-dealkylation sites (tertiary alicyclic amines) is 1. The highest BCUT2D eigenvalue weighted by molar-refractivity contribution is 5.90. The van der Waals surface area contributed by atoms with Gasteiger partial charge in [-0.1, -0.05) is 6.07 Å². The molecule has 0 bridgehead atoms. The summed E-state index contributed by atoms with van der Waals surface area (Å²) >= 11 is 0. The molecule has 0 aliphatic carbocycles. The van der Waals surface area contributed by atoms with Gasteiger partial charge in [-0.15, -0.1) is 10.2 Å². The standard InChI is InChI=1S/C16H19FN4O2/c1-11-19-20-16(23-11)14-6-3-8-21(14)9-7-15(22)18-13-5-2-4-12(17)10-13/h2,4-5,10,14H,3,6-9H2,1H3,(H,18,22). The smallest absolute Gasteiger partial charge is 0.233 e. The van der Waals surface area contributed by atoms with E-state index in [1.165, 1.54) is 12.1 Å². The zero-order chi connectivity index (χ0) is 16.2. The number of carbonyl (C=O) groups is 1. The first kappa shape index (κ1) is 15.6. The van der Waals surface area contributed by atoms with Crippen molar-refractivity contribution in [3.05, 3.63) is 41.9 Å². The molecule has 0 saturated carbocycles. The van der Waals surface area contributed by atoms with Crippen molar-refractivity contribution in [3.8, 4) is 0 Å². The Kier molecular flexibility index (Phi) is 4.66. The first-order valence-corrected chi connectivity index (χ1v) is 7.71. The van der Waals surface area contributed by atoms with Gasteiger partial charge in [0.25, 0.3) is 0 Å². The number of anilines is 1. The molecule has 3 rings (SSSR count). The van der Waals surface area contributed by atoms with Crippen LogP contribution in [-0.4, -0.2) is 34.1 Å². The van der Waals surface area contributed by atoms with Crippen LogP contribution in [0, 0.1) is 12.7 Å². The molecule has 2 aromatic rings. The average Bonchev–Trinajstić information content (AvgIpc) is 3.13.